The Balaban J connectivity index is 1.73. The molecule has 2 aliphatic carbocycles. The second-order valence-electron chi connectivity index (χ2n) is 5.49. The van der Waals surface area contributed by atoms with E-state index in [4.69, 9.17) is 0 Å². The summed E-state index contributed by atoms with van der Waals surface area (Å²) in [6, 6.07) is 0. The van der Waals surface area contributed by atoms with Crippen LogP contribution in [0.25, 0.3) is 0 Å². The van der Waals surface area contributed by atoms with Gasteiger partial charge in [-0.15, -0.1) is 0 Å². The van der Waals surface area contributed by atoms with Gasteiger partial charge in [-0.05, 0) is 59.4 Å². The van der Waals surface area contributed by atoms with Gasteiger partial charge < -0.3 is 5.32 Å². The number of halogens is 1. The highest BCUT2D eigenvalue weighted by Gasteiger charge is 2.41. The van der Waals surface area contributed by atoms with Crippen molar-refractivity contribution in [1.29, 1.82) is 0 Å². The van der Waals surface area contributed by atoms with Crippen molar-refractivity contribution in [3.05, 3.63) is 27.0 Å². The maximum absolute atomic E-state index is 11.0. The van der Waals surface area contributed by atoms with Gasteiger partial charge in [0.25, 0.3) is 0 Å². The third-order valence-corrected chi connectivity index (χ3v) is 4.65. The molecule has 0 amide bonds. The standard InChI is InChI=1S/C13H16BrN3O2/c14-11-6-15-7-12(17(18)19)13(11)16-5-10(8-1-2-8)9-3-4-9/h6-10H,1-5H2,(H,15,16). The molecule has 6 heteroatoms. The van der Waals surface area contributed by atoms with Gasteiger partial charge in [0, 0.05) is 12.7 Å². The van der Waals surface area contributed by atoms with Crippen LogP contribution in [-0.4, -0.2) is 16.5 Å². The molecule has 1 aromatic rings. The first-order valence-electron chi connectivity index (χ1n) is 6.68. The van der Waals surface area contributed by atoms with Gasteiger partial charge in [0.15, 0.2) is 0 Å². The number of aromatic nitrogens is 1. The van der Waals surface area contributed by atoms with Crippen molar-refractivity contribution in [3.63, 3.8) is 0 Å². The molecule has 1 N–H and O–H groups in total. The van der Waals surface area contributed by atoms with Crippen LogP contribution in [-0.2, 0) is 0 Å². The van der Waals surface area contributed by atoms with Gasteiger partial charge >= 0.3 is 5.69 Å². The van der Waals surface area contributed by atoms with E-state index in [1.54, 1.807) is 6.20 Å². The lowest BCUT2D eigenvalue weighted by molar-refractivity contribution is -0.384. The van der Waals surface area contributed by atoms with Crippen molar-refractivity contribution in [2.45, 2.75) is 25.7 Å². The fourth-order valence-electron chi connectivity index (χ4n) is 2.73. The van der Waals surface area contributed by atoms with E-state index in [-0.39, 0.29) is 10.6 Å². The number of nitro groups is 1. The average Bonchev–Trinajstić information content (AvgIpc) is 3.25. The van der Waals surface area contributed by atoms with E-state index >= 15 is 0 Å². The molecule has 0 aromatic carbocycles. The molecule has 19 heavy (non-hydrogen) atoms. The summed E-state index contributed by atoms with van der Waals surface area (Å²) < 4.78 is 0.659. The summed E-state index contributed by atoms with van der Waals surface area (Å²) in [6.45, 7) is 0.832. The summed E-state index contributed by atoms with van der Waals surface area (Å²) >= 11 is 3.34. The summed E-state index contributed by atoms with van der Waals surface area (Å²) in [5.74, 6) is 2.35. The number of rotatable bonds is 6. The van der Waals surface area contributed by atoms with Gasteiger partial charge in [-0.25, -0.2) is 0 Å². The molecule has 0 atom stereocenters. The number of hydrogen-bond acceptors (Lipinski definition) is 4. The maximum atomic E-state index is 11.0. The number of pyridine rings is 1. The van der Waals surface area contributed by atoms with Gasteiger partial charge in [-0.3, -0.25) is 15.1 Å². The molecule has 3 rings (SSSR count). The SMILES string of the molecule is O=[N+]([O-])c1cncc(Br)c1NCC(C1CC1)C1CC1. The predicted molar refractivity (Wildman–Crippen MR) is 76.0 cm³/mol. The zero-order valence-corrected chi connectivity index (χ0v) is 12.1. The summed E-state index contributed by atoms with van der Waals surface area (Å²) in [5.41, 5.74) is 0.603. The van der Waals surface area contributed by atoms with Crippen LogP contribution in [0.1, 0.15) is 25.7 Å². The summed E-state index contributed by atoms with van der Waals surface area (Å²) in [5, 5.41) is 14.3. The lowest BCUT2D eigenvalue weighted by Gasteiger charge is -2.17. The summed E-state index contributed by atoms with van der Waals surface area (Å²) in [6.07, 6.45) is 8.19. The van der Waals surface area contributed by atoms with Gasteiger partial charge in [0.05, 0.1) is 9.40 Å². The third kappa shape index (κ3) is 2.88. The lowest BCUT2D eigenvalue weighted by Crippen LogP contribution is -2.19. The molecule has 1 heterocycles. The molecule has 5 nitrogen and oxygen atoms in total. The largest absolute Gasteiger partial charge is 0.378 e. The number of nitrogens with one attached hydrogen (secondary N) is 1. The average molecular weight is 326 g/mol. The highest BCUT2D eigenvalue weighted by Crippen LogP contribution is 2.49. The fraction of sp³-hybridized carbons (Fsp3) is 0.615. The second kappa shape index (κ2) is 5.07. The van der Waals surface area contributed by atoms with Crippen LogP contribution < -0.4 is 5.32 Å². The quantitative estimate of drug-likeness (QED) is 0.641. The topological polar surface area (TPSA) is 68.1 Å². The molecule has 0 bridgehead atoms. The molecule has 0 aliphatic heterocycles. The zero-order valence-electron chi connectivity index (χ0n) is 10.5. The minimum Gasteiger partial charge on any atom is -0.378 e. The fourth-order valence-corrected chi connectivity index (χ4v) is 3.19. The van der Waals surface area contributed by atoms with Crippen molar-refractivity contribution in [2.24, 2.45) is 17.8 Å². The minimum atomic E-state index is -0.386. The highest BCUT2D eigenvalue weighted by atomic mass is 79.9. The molecule has 0 saturated heterocycles. The predicted octanol–water partition coefficient (Wildman–Crippen LogP) is 3.60. The summed E-state index contributed by atoms with van der Waals surface area (Å²) in [4.78, 5) is 14.5. The van der Waals surface area contributed by atoms with Crippen LogP contribution in [0.4, 0.5) is 11.4 Å². The molecule has 0 unspecified atom stereocenters. The maximum Gasteiger partial charge on any atom is 0.311 e. The number of anilines is 1. The molecule has 0 radical (unpaired) electrons. The van der Waals surface area contributed by atoms with E-state index in [0.717, 1.165) is 18.4 Å². The van der Waals surface area contributed by atoms with Crippen LogP contribution >= 0.6 is 15.9 Å². The molecule has 0 spiro atoms. The molecular formula is C13H16BrN3O2. The highest BCUT2D eigenvalue weighted by molar-refractivity contribution is 9.10. The molecule has 1 aromatic heterocycles. The van der Waals surface area contributed by atoms with Crippen LogP contribution in [0.2, 0.25) is 0 Å². The van der Waals surface area contributed by atoms with Crippen molar-refractivity contribution in [3.8, 4) is 0 Å². The monoisotopic (exact) mass is 325 g/mol. The van der Waals surface area contributed by atoms with Gasteiger partial charge in [-0.1, -0.05) is 0 Å². The van der Waals surface area contributed by atoms with E-state index in [2.05, 4.69) is 26.2 Å². The lowest BCUT2D eigenvalue weighted by atomic mass is 9.98. The van der Waals surface area contributed by atoms with Crippen molar-refractivity contribution < 1.29 is 4.92 Å². The molecular weight excluding hydrogens is 310 g/mol. The van der Waals surface area contributed by atoms with E-state index in [9.17, 15) is 10.1 Å². The van der Waals surface area contributed by atoms with E-state index in [1.807, 2.05) is 0 Å². The summed E-state index contributed by atoms with van der Waals surface area (Å²) in [7, 11) is 0. The Bertz CT molecular complexity index is 489. The van der Waals surface area contributed by atoms with Gasteiger partial charge in [0.2, 0.25) is 0 Å². The van der Waals surface area contributed by atoms with Crippen LogP contribution in [0.15, 0.2) is 16.9 Å². The van der Waals surface area contributed by atoms with E-state index in [1.165, 1.54) is 31.9 Å². The molecule has 2 fully saturated rings. The first kappa shape index (κ1) is 12.8. The van der Waals surface area contributed by atoms with Crippen molar-refractivity contribution >= 4 is 27.3 Å². The minimum absolute atomic E-state index is 0.0414. The molecule has 102 valence electrons. The first-order chi connectivity index (χ1) is 9.16. The Morgan fingerprint density at radius 3 is 2.53 bits per heavy atom. The van der Waals surface area contributed by atoms with Crippen LogP contribution in [0.5, 0.6) is 0 Å². The zero-order chi connectivity index (χ0) is 13.4. The van der Waals surface area contributed by atoms with Gasteiger partial charge in [-0.2, -0.15) is 0 Å². The van der Waals surface area contributed by atoms with E-state index < -0.39 is 0 Å². The smallest absolute Gasteiger partial charge is 0.311 e. The van der Waals surface area contributed by atoms with Crippen molar-refractivity contribution in [2.75, 3.05) is 11.9 Å². The number of hydrogen-bond donors (Lipinski definition) is 1. The number of nitrogens with zero attached hydrogens (tertiary/aromatic N) is 2. The van der Waals surface area contributed by atoms with Crippen molar-refractivity contribution in [1.82, 2.24) is 4.98 Å². The Morgan fingerprint density at radius 2 is 2.00 bits per heavy atom. The Hall–Kier alpha value is -1.17. The van der Waals surface area contributed by atoms with Crippen LogP contribution in [0, 0.1) is 27.9 Å². The van der Waals surface area contributed by atoms with E-state index in [0.29, 0.717) is 16.1 Å². The molecule has 2 saturated carbocycles. The first-order valence-corrected chi connectivity index (χ1v) is 7.48. The van der Waals surface area contributed by atoms with Gasteiger partial charge in [0.1, 0.15) is 11.9 Å². The normalized spacial score (nSPS) is 18.6. The Kier molecular flexibility index (Phi) is 3.43. The molecule has 2 aliphatic rings. The third-order valence-electron chi connectivity index (χ3n) is 4.05. The van der Waals surface area contributed by atoms with Crippen LogP contribution in [0.3, 0.4) is 0 Å². The second-order valence-corrected chi connectivity index (χ2v) is 6.35. The Labute approximate surface area is 120 Å². The Morgan fingerprint density at radius 1 is 1.37 bits per heavy atom.